The maximum atomic E-state index is 12.3. The molecule has 2 aromatic carbocycles. The lowest BCUT2D eigenvalue weighted by atomic mass is 10.0. The smallest absolute Gasteiger partial charge is 0.252 e. The van der Waals surface area contributed by atoms with Crippen molar-refractivity contribution < 1.29 is 9.90 Å². The molecule has 1 amide bonds. The fourth-order valence-corrected chi connectivity index (χ4v) is 2.29. The maximum absolute atomic E-state index is 12.3. The summed E-state index contributed by atoms with van der Waals surface area (Å²) in [6.45, 7) is 5.72. The van der Waals surface area contributed by atoms with Crippen LogP contribution in [-0.2, 0) is 0 Å². The van der Waals surface area contributed by atoms with E-state index in [1.54, 1.807) is 25.1 Å². The number of aryl methyl sites for hydroxylation is 1. The summed E-state index contributed by atoms with van der Waals surface area (Å²) in [6, 6.07) is 12.9. The number of rotatable bonds is 3. The number of hydrogen-bond acceptors (Lipinski definition) is 2. The van der Waals surface area contributed by atoms with Crippen molar-refractivity contribution in [3.63, 3.8) is 0 Å². The maximum Gasteiger partial charge on any atom is 0.252 e. The van der Waals surface area contributed by atoms with Gasteiger partial charge in [-0.05, 0) is 44.0 Å². The summed E-state index contributed by atoms with van der Waals surface area (Å²) in [7, 11) is 0. The Kier molecular flexibility index (Phi) is 4.08. The van der Waals surface area contributed by atoms with Crippen LogP contribution in [0.5, 0.6) is 5.75 Å². The van der Waals surface area contributed by atoms with Crippen LogP contribution in [0.3, 0.4) is 0 Å². The summed E-state index contributed by atoms with van der Waals surface area (Å²) < 4.78 is 0. The highest BCUT2D eigenvalue weighted by atomic mass is 16.3. The van der Waals surface area contributed by atoms with Crippen molar-refractivity contribution in [2.24, 2.45) is 0 Å². The van der Waals surface area contributed by atoms with Crippen LogP contribution in [0.2, 0.25) is 0 Å². The Morgan fingerprint density at radius 3 is 2.50 bits per heavy atom. The Bertz CT molecular complexity index is 635. The van der Waals surface area contributed by atoms with Gasteiger partial charge in [-0.15, -0.1) is 0 Å². The molecule has 2 rings (SSSR count). The van der Waals surface area contributed by atoms with Gasteiger partial charge >= 0.3 is 0 Å². The summed E-state index contributed by atoms with van der Waals surface area (Å²) in [5, 5.41) is 12.6. The number of nitrogens with one attached hydrogen (secondary N) is 1. The third-order valence-electron chi connectivity index (χ3n) is 3.55. The van der Waals surface area contributed by atoms with Gasteiger partial charge in [-0.25, -0.2) is 0 Å². The Morgan fingerprint density at radius 2 is 1.80 bits per heavy atom. The van der Waals surface area contributed by atoms with Crippen LogP contribution in [0.1, 0.15) is 40.0 Å². The molecule has 0 spiro atoms. The zero-order chi connectivity index (χ0) is 14.7. The van der Waals surface area contributed by atoms with Gasteiger partial charge in [0.15, 0.2) is 0 Å². The van der Waals surface area contributed by atoms with Gasteiger partial charge in [0.25, 0.3) is 5.91 Å². The molecule has 0 aliphatic carbocycles. The molecule has 104 valence electrons. The second-order valence-corrected chi connectivity index (χ2v) is 5.00. The van der Waals surface area contributed by atoms with Crippen LogP contribution in [0.15, 0.2) is 42.5 Å². The molecule has 3 heteroatoms. The minimum atomic E-state index is -0.172. The zero-order valence-electron chi connectivity index (χ0n) is 12.0. The molecule has 0 bridgehead atoms. The summed E-state index contributed by atoms with van der Waals surface area (Å²) in [4.78, 5) is 12.3. The van der Waals surface area contributed by atoms with Gasteiger partial charge < -0.3 is 10.4 Å². The fourth-order valence-electron chi connectivity index (χ4n) is 2.29. The van der Waals surface area contributed by atoms with Gasteiger partial charge in [0.2, 0.25) is 0 Å². The molecule has 1 atom stereocenters. The van der Waals surface area contributed by atoms with Crippen LogP contribution in [0.4, 0.5) is 0 Å². The Balaban J connectivity index is 2.20. The van der Waals surface area contributed by atoms with Crippen LogP contribution < -0.4 is 5.32 Å². The van der Waals surface area contributed by atoms with Gasteiger partial charge in [-0.2, -0.15) is 0 Å². The van der Waals surface area contributed by atoms with Gasteiger partial charge in [0.1, 0.15) is 5.75 Å². The summed E-state index contributed by atoms with van der Waals surface area (Å²) in [5.74, 6) is -0.0321. The molecule has 0 aliphatic heterocycles. The second-order valence-electron chi connectivity index (χ2n) is 5.00. The number of phenols is 1. The first-order valence-corrected chi connectivity index (χ1v) is 6.65. The van der Waals surface area contributed by atoms with Gasteiger partial charge in [-0.3, -0.25) is 4.79 Å². The third kappa shape index (κ3) is 2.82. The van der Waals surface area contributed by atoms with Crippen molar-refractivity contribution in [3.8, 4) is 5.75 Å². The highest BCUT2D eigenvalue weighted by molar-refractivity contribution is 5.96. The predicted molar refractivity (Wildman–Crippen MR) is 79.9 cm³/mol. The molecule has 0 saturated heterocycles. The molecule has 2 N–H and O–H groups in total. The topological polar surface area (TPSA) is 49.3 Å². The molecule has 0 aliphatic rings. The van der Waals surface area contributed by atoms with E-state index in [2.05, 4.69) is 5.32 Å². The van der Waals surface area contributed by atoms with E-state index in [-0.39, 0.29) is 17.7 Å². The van der Waals surface area contributed by atoms with Crippen molar-refractivity contribution >= 4 is 5.91 Å². The van der Waals surface area contributed by atoms with E-state index in [4.69, 9.17) is 0 Å². The molecular weight excluding hydrogens is 250 g/mol. The fraction of sp³-hybridized carbons (Fsp3) is 0.235. The minimum Gasteiger partial charge on any atom is -0.508 e. The van der Waals surface area contributed by atoms with Crippen molar-refractivity contribution in [2.75, 3.05) is 0 Å². The quantitative estimate of drug-likeness (QED) is 0.896. The van der Waals surface area contributed by atoms with Crippen LogP contribution in [0, 0.1) is 13.8 Å². The normalized spacial score (nSPS) is 11.9. The number of amides is 1. The lowest BCUT2D eigenvalue weighted by Crippen LogP contribution is -2.27. The van der Waals surface area contributed by atoms with E-state index in [0.717, 1.165) is 11.1 Å². The van der Waals surface area contributed by atoms with Crippen LogP contribution in [0.25, 0.3) is 0 Å². The zero-order valence-corrected chi connectivity index (χ0v) is 12.0. The minimum absolute atomic E-state index is 0.0783. The molecule has 0 heterocycles. The largest absolute Gasteiger partial charge is 0.508 e. The van der Waals surface area contributed by atoms with Gasteiger partial charge in [0.05, 0.1) is 6.04 Å². The summed E-state index contributed by atoms with van der Waals surface area (Å²) >= 11 is 0. The van der Waals surface area contributed by atoms with E-state index in [0.29, 0.717) is 11.1 Å². The van der Waals surface area contributed by atoms with Crippen molar-refractivity contribution in [2.45, 2.75) is 26.8 Å². The predicted octanol–water partition coefficient (Wildman–Crippen LogP) is 3.50. The summed E-state index contributed by atoms with van der Waals surface area (Å²) in [5.41, 5.74) is 3.35. The lowest BCUT2D eigenvalue weighted by Gasteiger charge is -2.17. The number of benzene rings is 2. The van der Waals surface area contributed by atoms with Crippen molar-refractivity contribution in [1.82, 2.24) is 5.32 Å². The highest BCUT2D eigenvalue weighted by Gasteiger charge is 2.15. The van der Waals surface area contributed by atoms with Crippen LogP contribution >= 0.6 is 0 Å². The van der Waals surface area contributed by atoms with E-state index in [1.807, 2.05) is 38.1 Å². The lowest BCUT2D eigenvalue weighted by molar-refractivity contribution is 0.0938. The SMILES string of the molecule is Cc1ccccc1C(C)NC(=O)c1cccc(O)c1C. The summed E-state index contributed by atoms with van der Waals surface area (Å²) in [6.07, 6.45) is 0. The number of aromatic hydroxyl groups is 1. The van der Waals surface area contributed by atoms with Gasteiger partial charge in [-0.1, -0.05) is 30.3 Å². The Labute approximate surface area is 119 Å². The van der Waals surface area contributed by atoms with E-state index in [9.17, 15) is 9.90 Å². The average molecular weight is 269 g/mol. The Morgan fingerprint density at radius 1 is 1.10 bits per heavy atom. The molecule has 0 aromatic heterocycles. The van der Waals surface area contributed by atoms with Gasteiger partial charge in [0, 0.05) is 11.1 Å². The number of hydrogen-bond donors (Lipinski definition) is 2. The van der Waals surface area contributed by atoms with Crippen LogP contribution in [-0.4, -0.2) is 11.0 Å². The molecule has 1 unspecified atom stereocenters. The first-order valence-electron chi connectivity index (χ1n) is 6.65. The number of phenolic OH excluding ortho intramolecular Hbond substituents is 1. The average Bonchev–Trinajstić information content (AvgIpc) is 2.42. The van der Waals surface area contributed by atoms with E-state index < -0.39 is 0 Å². The molecular formula is C17H19NO2. The van der Waals surface area contributed by atoms with E-state index in [1.165, 1.54) is 0 Å². The second kappa shape index (κ2) is 5.78. The first kappa shape index (κ1) is 14.1. The molecule has 2 aromatic rings. The Hall–Kier alpha value is -2.29. The van der Waals surface area contributed by atoms with Crippen molar-refractivity contribution in [3.05, 3.63) is 64.7 Å². The van der Waals surface area contributed by atoms with E-state index >= 15 is 0 Å². The monoisotopic (exact) mass is 269 g/mol. The van der Waals surface area contributed by atoms with Crippen molar-refractivity contribution in [1.29, 1.82) is 0 Å². The number of carbonyl (C=O) groups excluding carboxylic acids is 1. The molecule has 20 heavy (non-hydrogen) atoms. The molecule has 3 nitrogen and oxygen atoms in total. The first-order chi connectivity index (χ1) is 9.50. The number of carbonyl (C=O) groups is 1. The molecule has 0 fully saturated rings. The molecule has 0 radical (unpaired) electrons. The standard InChI is InChI=1S/C17H19NO2/c1-11-7-4-5-8-14(11)13(3)18-17(20)15-9-6-10-16(19)12(15)2/h4-10,13,19H,1-3H3,(H,18,20). The third-order valence-corrected chi connectivity index (χ3v) is 3.55. The molecule has 0 saturated carbocycles. The highest BCUT2D eigenvalue weighted by Crippen LogP contribution is 2.21.